The highest BCUT2D eigenvalue weighted by atomic mass is 16.5. The third-order valence-electron chi connectivity index (χ3n) is 5.46. The Balaban J connectivity index is 1.82. The predicted molar refractivity (Wildman–Crippen MR) is 108 cm³/mol. The summed E-state index contributed by atoms with van der Waals surface area (Å²) in [6, 6.07) is 18.3. The van der Waals surface area contributed by atoms with Crippen LogP contribution >= 0.6 is 0 Å². The van der Waals surface area contributed by atoms with Crippen molar-refractivity contribution in [3.8, 4) is 17.2 Å². The molecule has 0 amide bonds. The maximum absolute atomic E-state index is 12.3. The van der Waals surface area contributed by atoms with Crippen LogP contribution in [0.25, 0.3) is 0 Å². The Morgan fingerprint density at radius 3 is 2.00 bits per heavy atom. The third kappa shape index (κ3) is 3.15. The maximum Gasteiger partial charge on any atom is 0.339 e. The Labute approximate surface area is 172 Å². The number of para-hydroxylation sites is 2. The summed E-state index contributed by atoms with van der Waals surface area (Å²) in [4.78, 5) is 23.5. The Hall–Kier alpha value is -3.84. The zero-order valence-electron chi connectivity index (χ0n) is 15.8. The fourth-order valence-corrected chi connectivity index (χ4v) is 3.87. The standard InChI is InChI=1S/C23H19NO6/c24-23(22(28)29,13-9-10-16(21(26)27)18(25)11-13)12-17-14-5-1-3-7-19(14)30-20-8-4-2-6-15(17)20/h1-11,17,25H,12,24H2,(H,26,27)(H,28,29). The average Bonchev–Trinajstić information content (AvgIpc) is 2.73. The molecule has 0 spiro atoms. The zero-order valence-corrected chi connectivity index (χ0v) is 15.8. The minimum atomic E-state index is -1.88. The Bertz CT molecular complexity index is 1110. The second-order valence-electron chi connectivity index (χ2n) is 7.25. The average molecular weight is 405 g/mol. The van der Waals surface area contributed by atoms with Crippen LogP contribution in [0.1, 0.15) is 39.4 Å². The summed E-state index contributed by atoms with van der Waals surface area (Å²) in [5.41, 5.74) is 5.92. The highest BCUT2D eigenvalue weighted by Crippen LogP contribution is 2.48. The number of aromatic hydroxyl groups is 1. The zero-order chi connectivity index (χ0) is 21.5. The first-order valence-corrected chi connectivity index (χ1v) is 9.26. The van der Waals surface area contributed by atoms with Crippen molar-refractivity contribution in [1.82, 2.24) is 0 Å². The van der Waals surface area contributed by atoms with Gasteiger partial charge < -0.3 is 25.8 Å². The van der Waals surface area contributed by atoms with E-state index >= 15 is 0 Å². The molecule has 0 aliphatic carbocycles. The van der Waals surface area contributed by atoms with Crippen LogP contribution in [-0.2, 0) is 10.3 Å². The SMILES string of the molecule is NC(CC1c2ccccc2Oc2ccccc21)(C(=O)O)c1ccc(C(=O)O)c(O)c1. The molecule has 7 heteroatoms. The number of carboxylic acid groups (broad SMARTS) is 2. The number of phenols is 1. The number of carboxylic acids is 2. The van der Waals surface area contributed by atoms with Gasteiger partial charge in [-0.25, -0.2) is 9.59 Å². The number of aromatic carboxylic acids is 1. The van der Waals surface area contributed by atoms with Crippen LogP contribution in [0.15, 0.2) is 66.7 Å². The van der Waals surface area contributed by atoms with Gasteiger partial charge in [0.2, 0.25) is 0 Å². The van der Waals surface area contributed by atoms with Gasteiger partial charge in [-0.1, -0.05) is 42.5 Å². The Morgan fingerprint density at radius 1 is 0.933 bits per heavy atom. The van der Waals surface area contributed by atoms with E-state index in [1.807, 2.05) is 48.5 Å². The van der Waals surface area contributed by atoms with E-state index in [1.54, 1.807) is 0 Å². The van der Waals surface area contributed by atoms with Gasteiger partial charge in [0.1, 0.15) is 28.4 Å². The minimum Gasteiger partial charge on any atom is -0.507 e. The van der Waals surface area contributed by atoms with Gasteiger partial charge >= 0.3 is 11.9 Å². The van der Waals surface area contributed by atoms with E-state index in [-0.39, 0.29) is 23.5 Å². The topological polar surface area (TPSA) is 130 Å². The number of nitrogens with two attached hydrogens (primary N) is 1. The summed E-state index contributed by atoms with van der Waals surface area (Å²) >= 11 is 0. The highest BCUT2D eigenvalue weighted by Gasteiger charge is 2.42. The normalized spacial score (nSPS) is 14.7. The monoisotopic (exact) mass is 405 g/mol. The molecule has 0 bridgehead atoms. The molecular formula is C23H19NO6. The first-order valence-electron chi connectivity index (χ1n) is 9.26. The summed E-state index contributed by atoms with van der Waals surface area (Å²) in [6.07, 6.45) is -0.0222. The lowest BCUT2D eigenvalue weighted by Gasteiger charge is -2.34. The van der Waals surface area contributed by atoms with E-state index in [0.717, 1.165) is 23.3 Å². The number of ether oxygens (including phenoxy) is 1. The van der Waals surface area contributed by atoms with Crippen LogP contribution in [0.3, 0.4) is 0 Å². The number of fused-ring (bicyclic) bond motifs is 2. The van der Waals surface area contributed by atoms with Crippen LogP contribution < -0.4 is 10.5 Å². The minimum absolute atomic E-state index is 0.0222. The molecule has 1 atom stereocenters. The fourth-order valence-electron chi connectivity index (χ4n) is 3.87. The first kappa shape index (κ1) is 19.5. The van der Waals surface area contributed by atoms with E-state index < -0.39 is 23.2 Å². The van der Waals surface area contributed by atoms with Gasteiger partial charge in [0.15, 0.2) is 0 Å². The van der Waals surface area contributed by atoms with Gasteiger partial charge in [-0.05, 0) is 36.2 Å². The lowest BCUT2D eigenvalue weighted by molar-refractivity contribution is -0.144. The van der Waals surface area contributed by atoms with Crippen molar-refractivity contribution < 1.29 is 29.6 Å². The summed E-state index contributed by atoms with van der Waals surface area (Å²) in [5.74, 6) is -2.27. The summed E-state index contributed by atoms with van der Waals surface area (Å²) in [6.45, 7) is 0. The van der Waals surface area contributed by atoms with Crippen molar-refractivity contribution in [2.45, 2.75) is 17.9 Å². The molecule has 7 nitrogen and oxygen atoms in total. The number of hydrogen-bond acceptors (Lipinski definition) is 5. The van der Waals surface area contributed by atoms with E-state index in [1.165, 1.54) is 6.07 Å². The van der Waals surface area contributed by atoms with Gasteiger partial charge in [0, 0.05) is 17.0 Å². The molecule has 0 radical (unpaired) electrons. The molecule has 0 saturated heterocycles. The summed E-state index contributed by atoms with van der Waals surface area (Å²) < 4.78 is 5.96. The van der Waals surface area contributed by atoms with Gasteiger partial charge in [-0.2, -0.15) is 0 Å². The van der Waals surface area contributed by atoms with Crippen molar-refractivity contribution in [2.75, 3.05) is 0 Å². The summed E-state index contributed by atoms with van der Waals surface area (Å²) in [7, 11) is 0. The lowest BCUT2D eigenvalue weighted by Crippen LogP contribution is -2.46. The molecule has 30 heavy (non-hydrogen) atoms. The molecule has 1 heterocycles. The number of hydrogen-bond donors (Lipinski definition) is 4. The number of aliphatic carboxylic acids is 1. The molecule has 1 unspecified atom stereocenters. The molecule has 0 fully saturated rings. The molecule has 4 rings (SSSR count). The second kappa shape index (κ2) is 7.20. The van der Waals surface area contributed by atoms with Crippen molar-refractivity contribution in [3.05, 3.63) is 89.0 Å². The molecule has 152 valence electrons. The first-order chi connectivity index (χ1) is 14.3. The molecule has 5 N–H and O–H groups in total. The molecule has 0 aromatic heterocycles. The molecular weight excluding hydrogens is 386 g/mol. The summed E-state index contributed by atoms with van der Waals surface area (Å²) in [5, 5.41) is 29.2. The second-order valence-corrected chi connectivity index (χ2v) is 7.25. The Kier molecular flexibility index (Phi) is 4.67. The van der Waals surface area contributed by atoms with Crippen LogP contribution in [0, 0.1) is 0 Å². The third-order valence-corrected chi connectivity index (χ3v) is 5.46. The van der Waals surface area contributed by atoms with E-state index in [2.05, 4.69) is 0 Å². The molecule has 0 saturated carbocycles. The molecule has 3 aromatic carbocycles. The molecule has 1 aliphatic rings. The fraction of sp³-hybridized carbons (Fsp3) is 0.130. The lowest BCUT2D eigenvalue weighted by atomic mass is 9.75. The highest BCUT2D eigenvalue weighted by molar-refractivity contribution is 5.91. The van der Waals surface area contributed by atoms with E-state index in [9.17, 15) is 19.8 Å². The molecule has 1 aliphatic heterocycles. The Morgan fingerprint density at radius 2 is 1.50 bits per heavy atom. The van der Waals surface area contributed by atoms with Crippen molar-refractivity contribution in [3.63, 3.8) is 0 Å². The smallest absolute Gasteiger partial charge is 0.339 e. The van der Waals surface area contributed by atoms with Crippen LogP contribution in [0.5, 0.6) is 17.2 Å². The van der Waals surface area contributed by atoms with E-state index in [0.29, 0.717) is 11.5 Å². The van der Waals surface area contributed by atoms with E-state index in [4.69, 9.17) is 15.6 Å². The van der Waals surface area contributed by atoms with Gasteiger partial charge in [0.05, 0.1) is 0 Å². The number of benzene rings is 3. The van der Waals surface area contributed by atoms with Crippen LogP contribution in [0.4, 0.5) is 0 Å². The molecule has 3 aromatic rings. The van der Waals surface area contributed by atoms with Crippen molar-refractivity contribution in [1.29, 1.82) is 0 Å². The van der Waals surface area contributed by atoms with Crippen LogP contribution in [-0.4, -0.2) is 27.3 Å². The largest absolute Gasteiger partial charge is 0.507 e. The number of rotatable bonds is 5. The quantitative estimate of drug-likeness (QED) is 0.510. The predicted octanol–water partition coefficient (Wildman–Crippen LogP) is 3.66. The van der Waals surface area contributed by atoms with Crippen molar-refractivity contribution >= 4 is 11.9 Å². The van der Waals surface area contributed by atoms with Gasteiger partial charge in [-0.15, -0.1) is 0 Å². The maximum atomic E-state index is 12.3. The van der Waals surface area contributed by atoms with Crippen molar-refractivity contribution in [2.24, 2.45) is 5.73 Å². The number of carbonyl (C=O) groups is 2. The van der Waals surface area contributed by atoms with Crippen LogP contribution in [0.2, 0.25) is 0 Å². The van der Waals surface area contributed by atoms with Gasteiger partial charge in [0.25, 0.3) is 0 Å². The van der Waals surface area contributed by atoms with Gasteiger partial charge in [-0.3, -0.25) is 0 Å².